The summed E-state index contributed by atoms with van der Waals surface area (Å²) in [6, 6.07) is 8.09. The number of nitrogens with one attached hydrogen (secondary N) is 1. The SMILES string of the molecule is COC[C@H]1CN(c2nc3ccccc3[nH]2)CC(C)(C)O1. The summed E-state index contributed by atoms with van der Waals surface area (Å²) in [6.07, 6.45) is 0.0666. The summed E-state index contributed by atoms with van der Waals surface area (Å²) in [5, 5.41) is 0. The number of fused-ring (bicyclic) bond motifs is 1. The highest BCUT2D eigenvalue weighted by atomic mass is 16.5. The zero-order chi connectivity index (χ0) is 14.2. The van der Waals surface area contributed by atoms with Gasteiger partial charge in [-0.15, -0.1) is 0 Å². The van der Waals surface area contributed by atoms with Crippen LogP contribution < -0.4 is 4.90 Å². The van der Waals surface area contributed by atoms with Crippen LogP contribution in [-0.2, 0) is 9.47 Å². The number of hydrogen-bond acceptors (Lipinski definition) is 4. The van der Waals surface area contributed by atoms with Crippen molar-refractivity contribution >= 4 is 17.0 Å². The van der Waals surface area contributed by atoms with Gasteiger partial charge in [-0.25, -0.2) is 4.98 Å². The standard InChI is InChI=1S/C15H21N3O2/c1-15(2)10-18(8-11(20-15)9-19-3)14-16-12-6-4-5-7-13(12)17-14/h4-7,11H,8-10H2,1-3H3,(H,16,17)/t11-/m1/s1. The molecule has 1 aromatic carbocycles. The Hall–Kier alpha value is -1.59. The molecule has 1 N–H and O–H groups in total. The third-order valence-corrected chi connectivity index (χ3v) is 3.51. The Morgan fingerprint density at radius 1 is 1.45 bits per heavy atom. The average molecular weight is 275 g/mol. The molecule has 0 amide bonds. The largest absolute Gasteiger partial charge is 0.382 e. The van der Waals surface area contributed by atoms with Gasteiger partial charge in [-0.2, -0.15) is 0 Å². The summed E-state index contributed by atoms with van der Waals surface area (Å²) in [6.45, 7) is 6.40. The van der Waals surface area contributed by atoms with Gasteiger partial charge < -0.3 is 19.4 Å². The van der Waals surface area contributed by atoms with Crippen LogP contribution in [0.15, 0.2) is 24.3 Å². The van der Waals surface area contributed by atoms with Crippen molar-refractivity contribution in [2.75, 3.05) is 31.7 Å². The van der Waals surface area contributed by atoms with Crippen LogP contribution in [0, 0.1) is 0 Å². The molecule has 5 nitrogen and oxygen atoms in total. The number of aromatic nitrogens is 2. The maximum Gasteiger partial charge on any atom is 0.204 e. The first-order valence-corrected chi connectivity index (χ1v) is 6.94. The molecule has 3 rings (SSSR count). The first-order valence-electron chi connectivity index (χ1n) is 6.94. The first kappa shape index (κ1) is 13.4. The number of H-pyrrole nitrogens is 1. The number of rotatable bonds is 3. The molecule has 0 spiro atoms. The molecule has 0 radical (unpaired) electrons. The number of benzene rings is 1. The van der Waals surface area contributed by atoms with Crippen LogP contribution in [0.2, 0.25) is 0 Å². The Morgan fingerprint density at radius 3 is 3.00 bits per heavy atom. The van der Waals surface area contributed by atoms with Gasteiger partial charge in [0, 0.05) is 20.2 Å². The minimum absolute atomic E-state index is 0.0666. The lowest BCUT2D eigenvalue weighted by Crippen LogP contribution is -2.54. The summed E-state index contributed by atoms with van der Waals surface area (Å²) in [7, 11) is 1.70. The normalized spacial score (nSPS) is 22.4. The van der Waals surface area contributed by atoms with E-state index in [1.54, 1.807) is 7.11 Å². The van der Waals surface area contributed by atoms with Crippen molar-refractivity contribution in [1.82, 2.24) is 9.97 Å². The quantitative estimate of drug-likeness (QED) is 0.933. The van der Waals surface area contributed by atoms with Gasteiger partial charge in [0.1, 0.15) is 0 Å². The first-order chi connectivity index (χ1) is 9.57. The number of morpholine rings is 1. The molecule has 0 saturated carbocycles. The molecular weight excluding hydrogens is 254 g/mol. The summed E-state index contributed by atoms with van der Waals surface area (Å²) in [4.78, 5) is 10.3. The number of para-hydroxylation sites is 2. The Bertz CT molecular complexity index is 561. The van der Waals surface area contributed by atoms with Crippen LogP contribution in [0.1, 0.15) is 13.8 Å². The maximum absolute atomic E-state index is 6.03. The third kappa shape index (κ3) is 2.64. The van der Waals surface area contributed by atoms with E-state index in [9.17, 15) is 0 Å². The van der Waals surface area contributed by atoms with E-state index in [0.717, 1.165) is 30.1 Å². The van der Waals surface area contributed by atoms with Crippen LogP contribution >= 0.6 is 0 Å². The highest BCUT2D eigenvalue weighted by Crippen LogP contribution is 2.26. The van der Waals surface area contributed by atoms with Crippen LogP contribution in [-0.4, -0.2) is 48.5 Å². The lowest BCUT2D eigenvalue weighted by molar-refractivity contribution is -0.106. The van der Waals surface area contributed by atoms with Crippen molar-refractivity contribution in [3.8, 4) is 0 Å². The van der Waals surface area contributed by atoms with Crippen molar-refractivity contribution in [2.45, 2.75) is 25.6 Å². The van der Waals surface area contributed by atoms with E-state index in [-0.39, 0.29) is 11.7 Å². The van der Waals surface area contributed by atoms with E-state index in [1.807, 2.05) is 24.3 Å². The number of nitrogens with zero attached hydrogens (tertiary/aromatic N) is 2. The third-order valence-electron chi connectivity index (χ3n) is 3.51. The number of imidazole rings is 1. The van der Waals surface area contributed by atoms with Crippen LogP contribution in [0.4, 0.5) is 5.95 Å². The summed E-state index contributed by atoms with van der Waals surface area (Å²) in [5.74, 6) is 0.906. The Labute approximate surface area is 118 Å². The monoisotopic (exact) mass is 275 g/mol. The molecule has 1 aliphatic rings. The van der Waals surface area contributed by atoms with E-state index in [1.165, 1.54) is 0 Å². The molecule has 1 atom stereocenters. The molecule has 2 aromatic rings. The van der Waals surface area contributed by atoms with Gasteiger partial charge in [0.25, 0.3) is 0 Å². The van der Waals surface area contributed by atoms with Gasteiger partial charge >= 0.3 is 0 Å². The molecule has 5 heteroatoms. The fourth-order valence-corrected chi connectivity index (χ4v) is 2.82. The fourth-order valence-electron chi connectivity index (χ4n) is 2.82. The molecule has 1 aromatic heterocycles. The van der Waals surface area contributed by atoms with Gasteiger partial charge in [-0.05, 0) is 26.0 Å². The predicted molar refractivity (Wildman–Crippen MR) is 79.1 cm³/mol. The van der Waals surface area contributed by atoms with E-state index in [2.05, 4.69) is 28.7 Å². The van der Waals surface area contributed by atoms with Crippen molar-refractivity contribution in [3.63, 3.8) is 0 Å². The molecule has 20 heavy (non-hydrogen) atoms. The van der Waals surface area contributed by atoms with Crippen molar-refractivity contribution in [2.24, 2.45) is 0 Å². The second kappa shape index (κ2) is 5.07. The van der Waals surface area contributed by atoms with E-state index >= 15 is 0 Å². The molecule has 1 saturated heterocycles. The van der Waals surface area contributed by atoms with Crippen molar-refractivity contribution in [1.29, 1.82) is 0 Å². The molecule has 108 valence electrons. The molecule has 1 aliphatic heterocycles. The summed E-state index contributed by atoms with van der Waals surface area (Å²) in [5.41, 5.74) is 1.85. The highest BCUT2D eigenvalue weighted by Gasteiger charge is 2.34. The van der Waals surface area contributed by atoms with E-state index in [0.29, 0.717) is 6.61 Å². The summed E-state index contributed by atoms with van der Waals surface area (Å²) < 4.78 is 11.3. The average Bonchev–Trinajstić information content (AvgIpc) is 2.81. The second-order valence-electron chi connectivity index (χ2n) is 5.91. The maximum atomic E-state index is 6.03. The van der Waals surface area contributed by atoms with Gasteiger partial charge in [-0.3, -0.25) is 0 Å². The van der Waals surface area contributed by atoms with E-state index in [4.69, 9.17) is 9.47 Å². The molecular formula is C15H21N3O2. The number of anilines is 1. The number of aromatic amines is 1. The molecule has 0 aliphatic carbocycles. The fraction of sp³-hybridized carbons (Fsp3) is 0.533. The number of methoxy groups -OCH3 is 1. The van der Waals surface area contributed by atoms with Gasteiger partial charge in [-0.1, -0.05) is 12.1 Å². The lowest BCUT2D eigenvalue weighted by Gasteiger charge is -2.42. The van der Waals surface area contributed by atoms with E-state index < -0.39 is 0 Å². The highest BCUT2D eigenvalue weighted by molar-refractivity contribution is 5.77. The minimum atomic E-state index is -0.208. The Morgan fingerprint density at radius 2 is 2.25 bits per heavy atom. The Balaban J connectivity index is 1.87. The zero-order valence-corrected chi connectivity index (χ0v) is 12.2. The number of hydrogen-bond donors (Lipinski definition) is 1. The van der Waals surface area contributed by atoms with Crippen molar-refractivity contribution in [3.05, 3.63) is 24.3 Å². The lowest BCUT2D eigenvalue weighted by atomic mass is 10.1. The zero-order valence-electron chi connectivity index (χ0n) is 12.2. The smallest absolute Gasteiger partial charge is 0.204 e. The van der Waals surface area contributed by atoms with Crippen LogP contribution in [0.25, 0.3) is 11.0 Å². The van der Waals surface area contributed by atoms with Gasteiger partial charge in [0.2, 0.25) is 5.95 Å². The number of ether oxygens (including phenoxy) is 2. The van der Waals surface area contributed by atoms with Crippen molar-refractivity contribution < 1.29 is 9.47 Å². The topological polar surface area (TPSA) is 50.4 Å². The molecule has 1 fully saturated rings. The molecule has 0 unspecified atom stereocenters. The second-order valence-corrected chi connectivity index (χ2v) is 5.91. The Kier molecular flexibility index (Phi) is 3.40. The van der Waals surface area contributed by atoms with Gasteiger partial charge in [0.15, 0.2) is 0 Å². The van der Waals surface area contributed by atoms with Crippen LogP contribution in [0.5, 0.6) is 0 Å². The summed E-state index contributed by atoms with van der Waals surface area (Å²) >= 11 is 0. The molecule has 0 bridgehead atoms. The predicted octanol–water partition coefficient (Wildman–Crippen LogP) is 2.19. The molecule has 2 heterocycles. The minimum Gasteiger partial charge on any atom is -0.382 e. The van der Waals surface area contributed by atoms with Crippen LogP contribution in [0.3, 0.4) is 0 Å². The van der Waals surface area contributed by atoms with Gasteiger partial charge in [0.05, 0.1) is 29.3 Å².